The van der Waals surface area contributed by atoms with Crippen LogP contribution in [0, 0.1) is 0 Å². The Labute approximate surface area is 113 Å². The van der Waals surface area contributed by atoms with E-state index in [9.17, 15) is 4.79 Å². The van der Waals surface area contributed by atoms with Gasteiger partial charge in [0.05, 0.1) is 12.2 Å². The van der Waals surface area contributed by atoms with E-state index in [2.05, 4.69) is 38.8 Å². The Morgan fingerprint density at radius 1 is 1.44 bits per heavy atom. The number of hydrogen-bond acceptors (Lipinski definition) is 2. The van der Waals surface area contributed by atoms with E-state index in [0.717, 1.165) is 28.2 Å². The van der Waals surface area contributed by atoms with Crippen molar-refractivity contribution in [1.82, 2.24) is 0 Å². The summed E-state index contributed by atoms with van der Waals surface area (Å²) in [5.41, 5.74) is 1.71. The molecule has 1 aromatic carbocycles. The predicted molar refractivity (Wildman–Crippen MR) is 72.0 cm³/mol. The smallest absolute Gasteiger partial charge is 0.338 e. The van der Waals surface area contributed by atoms with E-state index >= 15 is 0 Å². The minimum absolute atomic E-state index is 0.254. The molecule has 16 heavy (non-hydrogen) atoms. The molecule has 0 aromatic heterocycles. The number of carbonyl (C=O) groups is 1. The summed E-state index contributed by atoms with van der Waals surface area (Å²) in [5, 5.41) is 0.763. The number of carbonyl (C=O) groups excluding carboxylic acids is 1. The van der Waals surface area contributed by atoms with Crippen molar-refractivity contribution in [2.45, 2.75) is 25.1 Å². The summed E-state index contributed by atoms with van der Waals surface area (Å²) in [6.45, 7) is 2.56. The van der Waals surface area contributed by atoms with Crippen LogP contribution in [-0.2, 0) is 10.1 Å². The van der Waals surface area contributed by atoms with E-state index in [1.54, 1.807) is 12.1 Å². The number of halogens is 2. The molecule has 1 rings (SSSR count). The topological polar surface area (TPSA) is 26.3 Å². The van der Waals surface area contributed by atoms with Crippen molar-refractivity contribution < 1.29 is 9.53 Å². The van der Waals surface area contributed by atoms with Crippen molar-refractivity contribution in [3.8, 4) is 0 Å². The third kappa shape index (κ3) is 3.91. The normalized spacial score (nSPS) is 10.2. The van der Waals surface area contributed by atoms with Crippen LogP contribution in [0.25, 0.3) is 0 Å². The van der Waals surface area contributed by atoms with Crippen molar-refractivity contribution in [2.75, 3.05) is 6.61 Å². The lowest BCUT2D eigenvalue weighted by atomic mass is 10.1. The molecular formula is C12H14Br2O2. The summed E-state index contributed by atoms with van der Waals surface area (Å²) in [6.07, 6.45) is 1.94. The number of rotatable bonds is 5. The van der Waals surface area contributed by atoms with Gasteiger partial charge in [-0.05, 0) is 24.1 Å². The van der Waals surface area contributed by atoms with E-state index in [1.807, 2.05) is 6.07 Å². The lowest BCUT2D eigenvalue weighted by Gasteiger charge is -2.06. The summed E-state index contributed by atoms with van der Waals surface area (Å²) >= 11 is 6.79. The van der Waals surface area contributed by atoms with Crippen LogP contribution in [0.15, 0.2) is 22.7 Å². The Morgan fingerprint density at radius 2 is 2.19 bits per heavy atom. The molecule has 0 unspecified atom stereocenters. The van der Waals surface area contributed by atoms with Crippen molar-refractivity contribution in [3.05, 3.63) is 33.8 Å². The molecule has 0 atom stereocenters. The maximum atomic E-state index is 11.6. The van der Waals surface area contributed by atoms with Crippen LogP contribution in [0.1, 0.15) is 35.7 Å². The van der Waals surface area contributed by atoms with Crippen LogP contribution in [0.3, 0.4) is 0 Å². The highest BCUT2D eigenvalue weighted by molar-refractivity contribution is 9.10. The highest BCUT2D eigenvalue weighted by Crippen LogP contribution is 2.21. The van der Waals surface area contributed by atoms with Crippen LogP contribution in [0.2, 0.25) is 0 Å². The first kappa shape index (κ1) is 13.7. The summed E-state index contributed by atoms with van der Waals surface area (Å²) < 4.78 is 6.05. The molecule has 4 heteroatoms. The second-order valence-electron chi connectivity index (χ2n) is 3.43. The van der Waals surface area contributed by atoms with Crippen LogP contribution in [-0.4, -0.2) is 12.6 Å². The summed E-state index contributed by atoms with van der Waals surface area (Å²) in [6, 6.07) is 5.50. The third-order valence-electron chi connectivity index (χ3n) is 2.16. The van der Waals surface area contributed by atoms with Crippen LogP contribution in [0.4, 0.5) is 0 Å². The molecule has 0 saturated carbocycles. The van der Waals surface area contributed by atoms with Gasteiger partial charge in [0.15, 0.2) is 0 Å². The Bertz CT molecular complexity index is 364. The molecule has 0 heterocycles. The SMILES string of the molecule is CCCCOC(=O)c1ccc(CBr)c(Br)c1. The molecule has 0 saturated heterocycles. The molecule has 0 radical (unpaired) electrons. The maximum Gasteiger partial charge on any atom is 0.338 e. The van der Waals surface area contributed by atoms with Gasteiger partial charge in [0.2, 0.25) is 0 Å². The van der Waals surface area contributed by atoms with Crippen molar-refractivity contribution in [3.63, 3.8) is 0 Å². The molecule has 2 nitrogen and oxygen atoms in total. The van der Waals surface area contributed by atoms with Gasteiger partial charge in [0, 0.05) is 9.80 Å². The predicted octanol–water partition coefficient (Wildman–Crippen LogP) is 4.30. The minimum Gasteiger partial charge on any atom is -0.462 e. The minimum atomic E-state index is -0.254. The lowest BCUT2D eigenvalue weighted by Crippen LogP contribution is -2.06. The molecule has 0 amide bonds. The molecule has 0 aliphatic rings. The average Bonchev–Trinajstić information content (AvgIpc) is 2.29. The van der Waals surface area contributed by atoms with E-state index in [-0.39, 0.29) is 5.97 Å². The number of esters is 1. The Balaban J connectivity index is 2.66. The Morgan fingerprint density at radius 3 is 2.75 bits per heavy atom. The monoisotopic (exact) mass is 348 g/mol. The van der Waals surface area contributed by atoms with E-state index in [0.29, 0.717) is 12.2 Å². The van der Waals surface area contributed by atoms with Gasteiger partial charge in [-0.25, -0.2) is 4.79 Å². The van der Waals surface area contributed by atoms with Crippen LogP contribution < -0.4 is 0 Å². The molecule has 88 valence electrons. The summed E-state index contributed by atoms with van der Waals surface area (Å²) in [7, 11) is 0. The number of alkyl halides is 1. The fraction of sp³-hybridized carbons (Fsp3) is 0.417. The second-order valence-corrected chi connectivity index (χ2v) is 4.84. The zero-order valence-corrected chi connectivity index (χ0v) is 12.3. The largest absolute Gasteiger partial charge is 0.462 e. The molecule has 1 aromatic rings. The van der Waals surface area contributed by atoms with Gasteiger partial charge in [0.1, 0.15) is 0 Å². The van der Waals surface area contributed by atoms with E-state index in [4.69, 9.17) is 4.74 Å². The molecule has 0 bridgehead atoms. The third-order valence-corrected chi connectivity index (χ3v) is 3.51. The molecule has 0 aliphatic heterocycles. The van der Waals surface area contributed by atoms with Gasteiger partial charge in [-0.1, -0.05) is 51.3 Å². The van der Waals surface area contributed by atoms with Gasteiger partial charge >= 0.3 is 5.97 Å². The zero-order valence-electron chi connectivity index (χ0n) is 9.13. The zero-order chi connectivity index (χ0) is 12.0. The van der Waals surface area contributed by atoms with Gasteiger partial charge in [-0.2, -0.15) is 0 Å². The van der Waals surface area contributed by atoms with E-state index < -0.39 is 0 Å². The molecular weight excluding hydrogens is 336 g/mol. The molecule has 0 spiro atoms. The summed E-state index contributed by atoms with van der Waals surface area (Å²) in [4.78, 5) is 11.6. The highest BCUT2D eigenvalue weighted by Gasteiger charge is 2.08. The first-order valence-corrected chi connectivity index (χ1v) is 7.12. The quantitative estimate of drug-likeness (QED) is 0.450. The lowest BCUT2D eigenvalue weighted by molar-refractivity contribution is 0.0499. The highest BCUT2D eigenvalue weighted by atomic mass is 79.9. The Kier molecular flexibility index (Phi) is 6.06. The van der Waals surface area contributed by atoms with Crippen LogP contribution in [0.5, 0.6) is 0 Å². The molecule has 0 N–H and O–H groups in total. The number of benzene rings is 1. The average molecular weight is 350 g/mol. The second kappa shape index (κ2) is 7.07. The Hall–Kier alpha value is -0.350. The fourth-order valence-electron chi connectivity index (χ4n) is 1.18. The summed E-state index contributed by atoms with van der Waals surface area (Å²) in [5.74, 6) is -0.254. The van der Waals surface area contributed by atoms with Crippen molar-refractivity contribution >= 4 is 37.8 Å². The maximum absolute atomic E-state index is 11.6. The first-order valence-electron chi connectivity index (χ1n) is 5.20. The first-order chi connectivity index (χ1) is 7.69. The molecule has 0 aliphatic carbocycles. The van der Waals surface area contributed by atoms with Gasteiger partial charge in [0.25, 0.3) is 0 Å². The number of hydrogen-bond donors (Lipinski definition) is 0. The van der Waals surface area contributed by atoms with Gasteiger partial charge in [-0.15, -0.1) is 0 Å². The number of unbranched alkanes of at least 4 members (excludes halogenated alkanes) is 1. The fourth-order valence-corrected chi connectivity index (χ4v) is 2.56. The van der Waals surface area contributed by atoms with E-state index in [1.165, 1.54) is 0 Å². The van der Waals surface area contributed by atoms with Crippen LogP contribution >= 0.6 is 31.9 Å². The molecule has 0 fully saturated rings. The van der Waals surface area contributed by atoms with Gasteiger partial charge in [-0.3, -0.25) is 0 Å². The number of ether oxygens (including phenoxy) is 1. The van der Waals surface area contributed by atoms with Crippen molar-refractivity contribution in [2.24, 2.45) is 0 Å². The standard InChI is InChI=1S/C12H14Br2O2/c1-2-3-6-16-12(15)9-4-5-10(8-13)11(14)7-9/h4-5,7H,2-3,6,8H2,1H3. The van der Waals surface area contributed by atoms with Crippen molar-refractivity contribution in [1.29, 1.82) is 0 Å². The van der Waals surface area contributed by atoms with Gasteiger partial charge < -0.3 is 4.74 Å².